The third-order valence-corrected chi connectivity index (χ3v) is 3.38. The summed E-state index contributed by atoms with van der Waals surface area (Å²) in [5.41, 5.74) is 1.66. The van der Waals surface area contributed by atoms with Crippen LogP contribution in [0.1, 0.15) is 26.7 Å². The Balaban J connectivity index is 2.02. The molecule has 1 aromatic carbocycles. The zero-order valence-corrected chi connectivity index (χ0v) is 11.9. The second-order valence-corrected chi connectivity index (χ2v) is 4.95. The molecule has 20 heavy (non-hydrogen) atoms. The zero-order chi connectivity index (χ0) is 14.5. The van der Waals surface area contributed by atoms with Crippen molar-refractivity contribution in [2.45, 2.75) is 38.8 Å². The molecular weight excluding hydrogens is 258 g/mol. The highest BCUT2D eigenvalue weighted by molar-refractivity contribution is 5.63. The van der Waals surface area contributed by atoms with E-state index >= 15 is 0 Å². The molecule has 1 aliphatic carbocycles. The molecule has 6 heteroatoms. The minimum atomic E-state index is -0.365. The molecule has 1 fully saturated rings. The van der Waals surface area contributed by atoms with E-state index in [2.05, 4.69) is 10.6 Å². The summed E-state index contributed by atoms with van der Waals surface area (Å²) in [6.07, 6.45) is 2.23. The lowest BCUT2D eigenvalue weighted by Crippen LogP contribution is -2.40. The first kappa shape index (κ1) is 14.6. The van der Waals surface area contributed by atoms with Gasteiger partial charge in [-0.1, -0.05) is 0 Å². The van der Waals surface area contributed by atoms with Crippen LogP contribution in [0.5, 0.6) is 0 Å². The molecule has 0 aromatic heterocycles. The van der Waals surface area contributed by atoms with Crippen LogP contribution in [-0.4, -0.2) is 30.2 Å². The van der Waals surface area contributed by atoms with Gasteiger partial charge in [-0.15, -0.1) is 0 Å². The van der Waals surface area contributed by atoms with Crippen molar-refractivity contribution in [1.82, 2.24) is 0 Å². The predicted octanol–water partition coefficient (Wildman–Crippen LogP) is 3.01. The monoisotopic (exact) mass is 279 g/mol. The van der Waals surface area contributed by atoms with E-state index in [0.29, 0.717) is 12.1 Å². The lowest BCUT2D eigenvalue weighted by atomic mass is 9.89. The number of ether oxygens (including phenoxy) is 1. The van der Waals surface area contributed by atoms with Crippen molar-refractivity contribution in [2.24, 2.45) is 0 Å². The molecule has 110 valence electrons. The van der Waals surface area contributed by atoms with E-state index in [-0.39, 0.29) is 10.6 Å². The number of nitrogens with one attached hydrogen (secondary N) is 2. The normalized spacial score (nSPS) is 21.1. The van der Waals surface area contributed by atoms with Gasteiger partial charge in [0, 0.05) is 42.7 Å². The van der Waals surface area contributed by atoms with Crippen molar-refractivity contribution in [3.05, 3.63) is 28.3 Å². The predicted molar refractivity (Wildman–Crippen MR) is 79.3 cm³/mol. The van der Waals surface area contributed by atoms with Gasteiger partial charge in [0.2, 0.25) is 0 Å². The van der Waals surface area contributed by atoms with Crippen LogP contribution in [0.15, 0.2) is 18.2 Å². The summed E-state index contributed by atoms with van der Waals surface area (Å²) in [5, 5.41) is 17.4. The van der Waals surface area contributed by atoms with E-state index in [9.17, 15) is 10.1 Å². The van der Waals surface area contributed by atoms with Crippen LogP contribution in [0.25, 0.3) is 0 Å². The molecule has 1 aliphatic rings. The second kappa shape index (κ2) is 6.56. The van der Waals surface area contributed by atoms with Gasteiger partial charge in [0.15, 0.2) is 0 Å². The van der Waals surface area contributed by atoms with Gasteiger partial charge < -0.3 is 15.4 Å². The number of hydrogen-bond acceptors (Lipinski definition) is 5. The Hall–Kier alpha value is -1.82. The average molecular weight is 279 g/mol. The number of hydrogen-bond donors (Lipinski definition) is 2. The topological polar surface area (TPSA) is 76.4 Å². The number of rotatable bonds is 7. The third-order valence-electron chi connectivity index (χ3n) is 3.38. The quantitative estimate of drug-likeness (QED) is 0.592. The number of benzene rings is 1. The summed E-state index contributed by atoms with van der Waals surface area (Å²) in [6.45, 7) is 5.42. The maximum atomic E-state index is 10.9. The van der Waals surface area contributed by atoms with Crippen LogP contribution >= 0.6 is 0 Å². The maximum Gasteiger partial charge on any atom is 0.273 e. The van der Waals surface area contributed by atoms with Gasteiger partial charge in [-0.2, -0.15) is 0 Å². The van der Waals surface area contributed by atoms with Crippen LogP contribution in [0.4, 0.5) is 17.1 Å². The third kappa shape index (κ3) is 3.60. The Morgan fingerprint density at radius 3 is 2.60 bits per heavy atom. The number of nitro groups is 1. The summed E-state index contributed by atoms with van der Waals surface area (Å²) < 4.78 is 5.51. The highest BCUT2D eigenvalue weighted by atomic mass is 16.6. The lowest BCUT2D eigenvalue weighted by Gasteiger charge is -2.36. The summed E-state index contributed by atoms with van der Waals surface area (Å²) in [5.74, 6) is 0. The van der Waals surface area contributed by atoms with E-state index in [0.717, 1.165) is 37.4 Å². The summed E-state index contributed by atoms with van der Waals surface area (Å²) >= 11 is 0. The van der Waals surface area contributed by atoms with Crippen LogP contribution < -0.4 is 10.6 Å². The van der Waals surface area contributed by atoms with E-state index in [1.165, 1.54) is 0 Å². The van der Waals surface area contributed by atoms with Crippen molar-refractivity contribution < 1.29 is 9.66 Å². The molecule has 0 heterocycles. The first-order valence-corrected chi connectivity index (χ1v) is 7.03. The SMILES string of the molecule is CCNc1cc(NC2CC(OCC)C2)cc([N+](=O)[O-])c1. The molecule has 0 bridgehead atoms. The van der Waals surface area contributed by atoms with Crippen molar-refractivity contribution in [1.29, 1.82) is 0 Å². The number of nitro benzene ring substituents is 1. The summed E-state index contributed by atoms with van der Waals surface area (Å²) in [7, 11) is 0. The van der Waals surface area contributed by atoms with Gasteiger partial charge in [-0.3, -0.25) is 10.1 Å². The van der Waals surface area contributed by atoms with E-state index in [1.807, 2.05) is 19.9 Å². The molecule has 0 atom stereocenters. The fraction of sp³-hybridized carbons (Fsp3) is 0.571. The Kier molecular flexibility index (Phi) is 4.79. The summed E-state index contributed by atoms with van der Waals surface area (Å²) in [6, 6.07) is 5.38. The molecule has 6 nitrogen and oxygen atoms in total. The van der Waals surface area contributed by atoms with Crippen molar-refractivity contribution in [3.63, 3.8) is 0 Å². The minimum absolute atomic E-state index is 0.103. The molecule has 0 spiro atoms. The molecule has 2 rings (SSSR count). The molecule has 0 amide bonds. The molecule has 2 N–H and O–H groups in total. The van der Waals surface area contributed by atoms with Crippen molar-refractivity contribution >= 4 is 17.1 Å². The fourth-order valence-corrected chi connectivity index (χ4v) is 2.40. The Morgan fingerprint density at radius 1 is 1.30 bits per heavy atom. The molecule has 1 saturated carbocycles. The second-order valence-electron chi connectivity index (χ2n) is 4.95. The summed E-state index contributed by atoms with van der Waals surface area (Å²) in [4.78, 5) is 10.6. The van der Waals surface area contributed by atoms with Crippen LogP contribution in [0.3, 0.4) is 0 Å². The maximum absolute atomic E-state index is 10.9. The highest BCUT2D eigenvalue weighted by Gasteiger charge is 2.29. The van der Waals surface area contributed by atoms with Crippen LogP contribution in [-0.2, 0) is 4.74 Å². The average Bonchev–Trinajstić information content (AvgIpc) is 2.36. The van der Waals surface area contributed by atoms with E-state index < -0.39 is 0 Å². The van der Waals surface area contributed by atoms with Crippen molar-refractivity contribution in [3.8, 4) is 0 Å². The first-order valence-electron chi connectivity index (χ1n) is 7.03. The lowest BCUT2D eigenvalue weighted by molar-refractivity contribution is -0.384. The van der Waals surface area contributed by atoms with E-state index in [4.69, 9.17) is 4.74 Å². The van der Waals surface area contributed by atoms with Crippen LogP contribution in [0, 0.1) is 10.1 Å². The van der Waals surface area contributed by atoms with Crippen LogP contribution in [0.2, 0.25) is 0 Å². The van der Waals surface area contributed by atoms with Gasteiger partial charge in [0.1, 0.15) is 0 Å². The first-order chi connectivity index (χ1) is 9.62. The Morgan fingerprint density at radius 2 is 2.00 bits per heavy atom. The molecule has 0 radical (unpaired) electrons. The highest BCUT2D eigenvalue weighted by Crippen LogP contribution is 2.30. The largest absolute Gasteiger partial charge is 0.385 e. The van der Waals surface area contributed by atoms with Gasteiger partial charge >= 0.3 is 0 Å². The zero-order valence-electron chi connectivity index (χ0n) is 11.9. The number of anilines is 2. The molecule has 0 aliphatic heterocycles. The minimum Gasteiger partial charge on any atom is -0.385 e. The van der Waals surface area contributed by atoms with E-state index in [1.54, 1.807) is 12.1 Å². The van der Waals surface area contributed by atoms with Crippen molar-refractivity contribution in [2.75, 3.05) is 23.8 Å². The standard InChI is InChI=1S/C14H21N3O3/c1-3-15-10-5-11(7-13(6-10)17(18)19)16-12-8-14(9-12)20-4-2/h5-7,12,14-16H,3-4,8-9H2,1-2H3. The fourth-order valence-electron chi connectivity index (χ4n) is 2.40. The van der Waals surface area contributed by atoms with Gasteiger partial charge in [0.05, 0.1) is 11.0 Å². The van der Waals surface area contributed by atoms with Gasteiger partial charge in [0.25, 0.3) is 5.69 Å². The van der Waals surface area contributed by atoms with Gasteiger partial charge in [-0.25, -0.2) is 0 Å². The molecule has 0 saturated heterocycles. The molecule has 0 unspecified atom stereocenters. The van der Waals surface area contributed by atoms with Gasteiger partial charge in [-0.05, 0) is 32.8 Å². The number of non-ortho nitro benzene ring substituents is 1. The smallest absolute Gasteiger partial charge is 0.273 e. The Labute approximate surface area is 118 Å². The number of nitrogens with zero attached hydrogens (tertiary/aromatic N) is 1. The Bertz CT molecular complexity index is 473. The molecular formula is C14H21N3O3. The molecule has 1 aromatic rings.